The van der Waals surface area contributed by atoms with Gasteiger partial charge in [0.15, 0.2) is 5.76 Å². The summed E-state index contributed by atoms with van der Waals surface area (Å²) in [6, 6.07) is 12.4. The Balaban J connectivity index is 2.19. The van der Waals surface area contributed by atoms with Crippen molar-refractivity contribution in [3.05, 3.63) is 58.1 Å². The number of nitrogens with zero attached hydrogens (tertiary/aromatic N) is 1. The van der Waals surface area contributed by atoms with E-state index in [1.165, 1.54) is 0 Å². The first kappa shape index (κ1) is 15.9. The van der Waals surface area contributed by atoms with Crippen molar-refractivity contribution in [2.24, 2.45) is 0 Å². The minimum atomic E-state index is -0.255. The molecule has 118 valence electrons. The molecular formula is C17H13Cl2NO3. The molecule has 3 rings (SSSR count). The monoisotopic (exact) mass is 349 g/mol. The van der Waals surface area contributed by atoms with Crippen molar-refractivity contribution in [3.63, 3.8) is 0 Å². The third kappa shape index (κ3) is 2.93. The van der Waals surface area contributed by atoms with Crippen LogP contribution in [0.25, 0.3) is 22.6 Å². The first-order chi connectivity index (χ1) is 11.2. The highest BCUT2D eigenvalue weighted by Gasteiger charge is 2.22. The van der Waals surface area contributed by atoms with Crippen LogP contribution >= 0.6 is 23.2 Å². The van der Waals surface area contributed by atoms with Crippen molar-refractivity contribution in [2.45, 2.75) is 6.61 Å². The predicted octanol–water partition coefficient (Wildman–Crippen LogP) is 4.82. The van der Waals surface area contributed by atoms with E-state index in [4.69, 9.17) is 32.5 Å². The summed E-state index contributed by atoms with van der Waals surface area (Å²) in [6.45, 7) is -0.255. The van der Waals surface area contributed by atoms with Gasteiger partial charge in [0.25, 0.3) is 0 Å². The Hall–Kier alpha value is -2.01. The van der Waals surface area contributed by atoms with Crippen LogP contribution < -0.4 is 4.74 Å². The Morgan fingerprint density at radius 1 is 1.13 bits per heavy atom. The molecule has 0 atom stereocenters. The van der Waals surface area contributed by atoms with Crippen molar-refractivity contribution in [2.75, 3.05) is 7.11 Å². The molecule has 1 aromatic heterocycles. The van der Waals surface area contributed by atoms with Crippen molar-refractivity contribution in [1.82, 2.24) is 5.16 Å². The van der Waals surface area contributed by atoms with Gasteiger partial charge in [0.1, 0.15) is 11.4 Å². The summed E-state index contributed by atoms with van der Waals surface area (Å²) >= 11 is 12.3. The van der Waals surface area contributed by atoms with E-state index in [9.17, 15) is 5.11 Å². The second kappa shape index (κ2) is 6.62. The van der Waals surface area contributed by atoms with E-state index in [0.29, 0.717) is 43.9 Å². The summed E-state index contributed by atoms with van der Waals surface area (Å²) < 4.78 is 10.8. The molecule has 23 heavy (non-hydrogen) atoms. The average molecular weight is 350 g/mol. The van der Waals surface area contributed by atoms with Gasteiger partial charge in [-0.2, -0.15) is 0 Å². The van der Waals surface area contributed by atoms with Gasteiger partial charge in [-0.1, -0.05) is 40.5 Å². The summed E-state index contributed by atoms with van der Waals surface area (Å²) in [6.07, 6.45) is 0. The van der Waals surface area contributed by atoms with Crippen LogP contribution in [-0.2, 0) is 6.61 Å². The number of rotatable bonds is 4. The van der Waals surface area contributed by atoms with Gasteiger partial charge in [0.2, 0.25) is 0 Å². The van der Waals surface area contributed by atoms with Crippen LogP contribution in [0, 0.1) is 0 Å². The van der Waals surface area contributed by atoms with Crippen molar-refractivity contribution in [3.8, 4) is 28.3 Å². The lowest BCUT2D eigenvalue weighted by molar-refractivity contribution is 0.281. The van der Waals surface area contributed by atoms with Crippen molar-refractivity contribution in [1.29, 1.82) is 0 Å². The Labute approximate surface area is 143 Å². The number of halogens is 2. The number of ether oxygens (including phenoxy) is 1. The molecule has 6 heteroatoms. The van der Waals surface area contributed by atoms with Gasteiger partial charge in [-0.05, 0) is 30.3 Å². The number of aliphatic hydroxyl groups is 1. The maximum Gasteiger partial charge on any atom is 0.176 e. The summed E-state index contributed by atoms with van der Waals surface area (Å²) in [5.41, 5.74) is 2.30. The Bertz CT molecular complexity index is 846. The second-order valence-corrected chi connectivity index (χ2v) is 5.67. The molecule has 0 aliphatic rings. The Morgan fingerprint density at radius 2 is 1.91 bits per heavy atom. The predicted molar refractivity (Wildman–Crippen MR) is 89.9 cm³/mol. The van der Waals surface area contributed by atoms with Gasteiger partial charge in [-0.25, -0.2) is 0 Å². The minimum absolute atomic E-state index is 0.255. The summed E-state index contributed by atoms with van der Waals surface area (Å²) in [4.78, 5) is 0. The largest absolute Gasteiger partial charge is 0.496 e. The SMILES string of the molecule is COc1ccccc1-c1onc(-c2cc(Cl)ccc2Cl)c1CO. The fourth-order valence-corrected chi connectivity index (χ4v) is 2.77. The van der Waals surface area contributed by atoms with E-state index in [2.05, 4.69) is 5.16 Å². The van der Waals surface area contributed by atoms with Crippen LogP contribution in [0.5, 0.6) is 5.75 Å². The molecule has 0 amide bonds. The molecule has 0 aliphatic carbocycles. The normalized spacial score (nSPS) is 10.8. The van der Waals surface area contributed by atoms with Crippen molar-refractivity contribution >= 4 is 23.2 Å². The lowest BCUT2D eigenvalue weighted by atomic mass is 10.0. The smallest absolute Gasteiger partial charge is 0.176 e. The lowest BCUT2D eigenvalue weighted by Gasteiger charge is -2.07. The minimum Gasteiger partial charge on any atom is -0.496 e. The van der Waals surface area contributed by atoms with Gasteiger partial charge < -0.3 is 14.4 Å². The summed E-state index contributed by atoms with van der Waals surface area (Å²) in [7, 11) is 1.57. The quantitative estimate of drug-likeness (QED) is 0.733. The van der Waals surface area contributed by atoms with Crippen LogP contribution in [-0.4, -0.2) is 17.4 Å². The fraction of sp³-hybridized carbons (Fsp3) is 0.118. The van der Waals surface area contributed by atoms with Crippen LogP contribution in [0.15, 0.2) is 47.0 Å². The van der Waals surface area contributed by atoms with Gasteiger partial charge in [0.05, 0.1) is 29.9 Å². The molecule has 0 saturated heterocycles. The number of hydrogen-bond donors (Lipinski definition) is 1. The number of aromatic nitrogens is 1. The highest BCUT2D eigenvalue weighted by atomic mass is 35.5. The fourth-order valence-electron chi connectivity index (χ4n) is 2.39. The van der Waals surface area contributed by atoms with Gasteiger partial charge in [0, 0.05) is 10.6 Å². The standard InChI is InChI=1S/C17H13Cl2NO3/c1-22-15-5-3-2-4-11(15)17-13(9-21)16(20-23-17)12-8-10(18)6-7-14(12)19/h2-8,21H,9H2,1H3. The molecule has 0 bridgehead atoms. The molecule has 2 aromatic carbocycles. The van der Waals surface area contributed by atoms with E-state index in [0.717, 1.165) is 0 Å². The molecule has 0 aliphatic heterocycles. The van der Waals surface area contributed by atoms with E-state index >= 15 is 0 Å². The highest BCUT2D eigenvalue weighted by Crippen LogP contribution is 2.39. The molecule has 0 spiro atoms. The molecule has 0 radical (unpaired) electrons. The summed E-state index contributed by atoms with van der Waals surface area (Å²) in [5.74, 6) is 1.07. The number of aliphatic hydroxyl groups excluding tert-OH is 1. The van der Waals surface area contributed by atoms with Gasteiger partial charge in [-0.3, -0.25) is 0 Å². The van der Waals surface area contributed by atoms with E-state index in [1.807, 2.05) is 24.3 Å². The third-order valence-corrected chi connectivity index (χ3v) is 4.05. The topological polar surface area (TPSA) is 55.5 Å². The highest BCUT2D eigenvalue weighted by molar-refractivity contribution is 6.35. The maximum absolute atomic E-state index is 9.82. The second-order valence-electron chi connectivity index (χ2n) is 4.82. The first-order valence-corrected chi connectivity index (χ1v) is 7.59. The van der Waals surface area contributed by atoms with E-state index < -0.39 is 0 Å². The van der Waals surface area contributed by atoms with Crippen LogP contribution in [0.1, 0.15) is 5.56 Å². The Morgan fingerprint density at radius 3 is 2.65 bits per heavy atom. The number of hydrogen-bond acceptors (Lipinski definition) is 4. The number of benzene rings is 2. The first-order valence-electron chi connectivity index (χ1n) is 6.84. The molecule has 0 saturated carbocycles. The molecule has 4 nitrogen and oxygen atoms in total. The molecule has 1 heterocycles. The molecular weight excluding hydrogens is 337 g/mol. The zero-order chi connectivity index (χ0) is 16.4. The van der Waals surface area contributed by atoms with E-state index in [-0.39, 0.29) is 6.61 Å². The molecule has 0 fully saturated rings. The van der Waals surface area contributed by atoms with Crippen molar-refractivity contribution < 1.29 is 14.4 Å². The zero-order valence-corrected chi connectivity index (χ0v) is 13.7. The summed E-state index contributed by atoms with van der Waals surface area (Å²) in [5, 5.41) is 14.9. The van der Waals surface area contributed by atoms with E-state index in [1.54, 1.807) is 25.3 Å². The number of para-hydroxylation sites is 1. The maximum atomic E-state index is 9.82. The zero-order valence-electron chi connectivity index (χ0n) is 12.2. The molecule has 1 N–H and O–H groups in total. The average Bonchev–Trinajstić information content (AvgIpc) is 3.00. The van der Waals surface area contributed by atoms with Crippen LogP contribution in [0.4, 0.5) is 0 Å². The van der Waals surface area contributed by atoms with Crippen LogP contribution in [0.3, 0.4) is 0 Å². The lowest BCUT2D eigenvalue weighted by Crippen LogP contribution is -1.92. The molecule has 0 unspecified atom stereocenters. The Kier molecular flexibility index (Phi) is 4.57. The number of methoxy groups -OCH3 is 1. The third-order valence-electron chi connectivity index (χ3n) is 3.48. The van der Waals surface area contributed by atoms with Gasteiger partial charge in [-0.15, -0.1) is 0 Å². The van der Waals surface area contributed by atoms with Crippen LogP contribution in [0.2, 0.25) is 10.0 Å². The van der Waals surface area contributed by atoms with Gasteiger partial charge >= 0.3 is 0 Å². The molecule has 3 aromatic rings.